The second kappa shape index (κ2) is 9.53. The molecule has 0 bridgehead atoms. The maximum atomic E-state index is 12.6. The van der Waals surface area contributed by atoms with Crippen molar-refractivity contribution in [3.05, 3.63) is 94.1 Å². The lowest BCUT2D eigenvalue weighted by Gasteiger charge is -2.09. The number of nitrogens with two attached hydrogens (primary N) is 2. The summed E-state index contributed by atoms with van der Waals surface area (Å²) in [7, 11) is 0. The molecule has 2 amide bonds. The van der Waals surface area contributed by atoms with Gasteiger partial charge in [-0.2, -0.15) is 0 Å². The Labute approximate surface area is 197 Å². The van der Waals surface area contributed by atoms with Crippen molar-refractivity contribution in [3.63, 3.8) is 0 Å². The van der Waals surface area contributed by atoms with E-state index in [0.29, 0.717) is 22.6 Å². The largest absolute Gasteiger partial charge is 0.397 e. The van der Waals surface area contributed by atoms with Crippen LogP contribution in [0.4, 0.5) is 17.2 Å². The average Bonchev–Trinajstić information content (AvgIpc) is 3.21. The van der Waals surface area contributed by atoms with Gasteiger partial charge < -0.3 is 22.1 Å². The minimum atomic E-state index is -0.447. The molecule has 3 aromatic carbocycles. The maximum absolute atomic E-state index is 12.6. The average molecular weight is 506 g/mol. The van der Waals surface area contributed by atoms with E-state index in [1.54, 1.807) is 60.7 Å². The highest BCUT2D eigenvalue weighted by Gasteiger charge is 2.17. The van der Waals surface area contributed by atoms with Crippen LogP contribution in [0.5, 0.6) is 0 Å². The first-order valence-corrected chi connectivity index (χ1v) is 10.7. The minimum absolute atomic E-state index is 0.0302. The summed E-state index contributed by atoms with van der Waals surface area (Å²) < 4.78 is 0.914. The van der Waals surface area contributed by atoms with E-state index in [4.69, 9.17) is 11.5 Å². The van der Waals surface area contributed by atoms with Crippen LogP contribution < -0.4 is 22.1 Å². The smallest absolute Gasteiger partial charge is 0.275 e. The van der Waals surface area contributed by atoms with Crippen LogP contribution in [-0.2, 0) is 6.54 Å². The number of carbonyl (C=O) groups excluding carboxylic acids is 2. The molecule has 166 valence electrons. The third kappa shape index (κ3) is 5.18. The second-order valence-electron chi connectivity index (χ2n) is 7.12. The van der Waals surface area contributed by atoms with Crippen LogP contribution in [0.15, 0.2) is 77.3 Å². The molecule has 9 nitrogen and oxygen atoms in total. The van der Waals surface area contributed by atoms with Gasteiger partial charge in [0.1, 0.15) is 0 Å². The normalized spacial score (nSPS) is 10.6. The van der Waals surface area contributed by atoms with E-state index in [-0.39, 0.29) is 24.0 Å². The van der Waals surface area contributed by atoms with E-state index < -0.39 is 5.91 Å². The molecular formula is C23H20BrN7O2. The van der Waals surface area contributed by atoms with E-state index >= 15 is 0 Å². The number of nitrogens with zero attached hydrogens (tertiary/aromatic N) is 3. The summed E-state index contributed by atoms with van der Waals surface area (Å²) in [4.78, 5) is 26.3. The molecule has 0 atom stereocenters. The van der Waals surface area contributed by atoms with Crippen molar-refractivity contribution in [2.45, 2.75) is 6.54 Å². The molecule has 4 rings (SSSR count). The number of para-hydroxylation sites is 2. The Morgan fingerprint density at radius 3 is 2.27 bits per heavy atom. The highest BCUT2D eigenvalue weighted by Crippen LogP contribution is 2.18. The van der Waals surface area contributed by atoms with Gasteiger partial charge in [0, 0.05) is 16.6 Å². The Hall–Kier alpha value is -4.18. The van der Waals surface area contributed by atoms with Gasteiger partial charge in [-0.3, -0.25) is 9.59 Å². The minimum Gasteiger partial charge on any atom is -0.397 e. The fraction of sp³-hybridized carbons (Fsp3) is 0.0435. The van der Waals surface area contributed by atoms with Gasteiger partial charge in [0.25, 0.3) is 11.8 Å². The number of halogens is 1. The summed E-state index contributed by atoms with van der Waals surface area (Å²) in [5.41, 5.74) is 14.8. The van der Waals surface area contributed by atoms with Gasteiger partial charge in [0.2, 0.25) is 0 Å². The summed E-state index contributed by atoms with van der Waals surface area (Å²) in [6.45, 7) is 0.233. The topological polar surface area (TPSA) is 141 Å². The number of benzene rings is 3. The number of hydrogen-bond donors (Lipinski definition) is 4. The highest BCUT2D eigenvalue weighted by atomic mass is 79.9. The number of aromatic nitrogens is 3. The highest BCUT2D eigenvalue weighted by molar-refractivity contribution is 9.10. The van der Waals surface area contributed by atoms with Gasteiger partial charge in [-0.05, 0) is 54.1 Å². The van der Waals surface area contributed by atoms with Gasteiger partial charge >= 0.3 is 0 Å². The predicted molar refractivity (Wildman–Crippen MR) is 130 cm³/mol. The quantitative estimate of drug-likeness (QED) is 0.296. The van der Waals surface area contributed by atoms with Crippen LogP contribution in [0.25, 0.3) is 5.69 Å². The van der Waals surface area contributed by atoms with E-state index in [2.05, 4.69) is 36.8 Å². The summed E-state index contributed by atoms with van der Waals surface area (Å²) in [5, 5.41) is 13.8. The third-order valence-corrected chi connectivity index (χ3v) is 5.32. The summed E-state index contributed by atoms with van der Waals surface area (Å²) in [6.07, 6.45) is 0. The fourth-order valence-corrected chi connectivity index (χ4v) is 3.28. The lowest BCUT2D eigenvalue weighted by Crippen LogP contribution is -2.24. The molecule has 0 aliphatic heterocycles. The predicted octanol–water partition coefficient (Wildman–Crippen LogP) is 3.38. The molecule has 1 heterocycles. The van der Waals surface area contributed by atoms with Gasteiger partial charge in [-0.15, -0.1) is 15.0 Å². The fourth-order valence-electron chi connectivity index (χ4n) is 3.01. The van der Waals surface area contributed by atoms with Crippen LogP contribution >= 0.6 is 15.9 Å². The summed E-state index contributed by atoms with van der Waals surface area (Å²) >= 11 is 3.37. The van der Waals surface area contributed by atoms with Crippen molar-refractivity contribution in [3.8, 4) is 5.69 Å². The van der Waals surface area contributed by atoms with E-state index in [0.717, 1.165) is 10.0 Å². The van der Waals surface area contributed by atoms with E-state index in [1.165, 1.54) is 4.80 Å². The molecule has 0 fully saturated rings. The number of rotatable bonds is 6. The van der Waals surface area contributed by atoms with Crippen molar-refractivity contribution in [2.75, 3.05) is 16.8 Å². The Kier molecular flexibility index (Phi) is 6.36. The molecule has 4 aromatic rings. The number of carbonyl (C=O) groups is 2. The van der Waals surface area contributed by atoms with Crippen LogP contribution in [0.3, 0.4) is 0 Å². The van der Waals surface area contributed by atoms with Crippen molar-refractivity contribution >= 4 is 44.9 Å². The monoisotopic (exact) mass is 505 g/mol. The molecule has 0 saturated carbocycles. The van der Waals surface area contributed by atoms with Crippen LogP contribution in [0.1, 0.15) is 26.4 Å². The third-order valence-electron chi connectivity index (χ3n) is 4.79. The molecule has 6 N–H and O–H groups in total. The lowest BCUT2D eigenvalue weighted by atomic mass is 10.1. The van der Waals surface area contributed by atoms with Crippen molar-refractivity contribution in [1.29, 1.82) is 0 Å². The number of anilines is 3. The number of hydrogen-bond acceptors (Lipinski definition) is 6. The molecular weight excluding hydrogens is 486 g/mol. The zero-order valence-electron chi connectivity index (χ0n) is 17.3. The molecule has 0 saturated heterocycles. The van der Waals surface area contributed by atoms with Crippen LogP contribution in [0.2, 0.25) is 0 Å². The molecule has 0 aliphatic carbocycles. The van der Waals surface area contributed by atoms with Gasteiger partial charge in [-0.1, -0.05) is 40.2 Å². The first-order chi connectivity index (χ1) is 15.9. The Morgan fingerprint density at radius 1 is 0.879 bits per heavy atom. The molecule has 0 aliphatic rings. The first kappa shape index (κ1) is 22.0. The van der Waals surface area contributed by atoms with E-state index in [9.17, 15) is 9.59 Å². The zero-order valence-corrected chi connectivity index (χ0v) is 18.9. The standard InChI is InChI=1S/C23H20BrN7O2/c24-16-9-11-17(12-10-16)31-29-20(21(26)30-31)23(33)27-13-14-5-7-15(8-6-14)22(32)28-19-4-2-1-3-18(19)25/h1-12H,13,25H2,(H2,26,30)(H,27,33)(H,28,32). The van der Waals surface area contributed by atoms with E-state index in [1.807, 2.05) is 12.1 Å². The Bertz CT molecular complexity index is 1300. The SMILES string of the molecule is Nc1ccccc1NC(=O)c1ccc(CNC(=O)c2nn(-c3ccc(Br)cc3)nc2N)cc1. The molecule has 33 heavy (non-hydrogen) atoms. The Balaban J connectivity index is 1.37. The van der Waals surface area contributed by atoms with Crippen LogP contribution in [-0.4, -0.2) is 26.8 Å². The molecule has 0 radical (unpaired) electrons. The van der Waals surface area contributed by atoms with Crippen LogP contribution in [0, 0.1) is 0 Å². The maximum Gasteiger partial charge on any atom is 0.275 e. The zero-order chi connectivity index (χ0) is 23.4. The number of nitrogen functional groups attached to an aromatic ring is 2. The molecule has 0 unspecified atom stereocenters. The van der Waals surface area contributed by atoms with Crippen molar-refractivity contribution in [1.82, 2.24) is 20.3 Å². The lowest BCUT2D eigenvalue weighted by molar-refractivity contribution is 0.0945. The first-order valence-electron chi connectivity index (χ1n) is 9.92. The second-order valence-corrected chi connectivity index (χ2v) is 8.04. The molecule has 0 spiro atoms. The van der Waals surface area contributed by atoms with Crippen molar-refractivity contribution < 1.29 is 9.59 Å². The van der Waals surface area contributed by atoms with Gasteiger partial charge in [0.05, 0.1) is 17.1 Å². The summed E-state index contributed by atoms with van der Waals surface area (Å²) in [5.74, 6) is -0.694. The Morgan fingerprint density at radius 2 is 1.58 bits per heavy atom. The van der Waals surface area contributed by atoms with Gasteiger partial charge in [0.15, 0.2) is 11.5 Å². The molecule has 1 aromatic heterocycles. The summed E-state index contributed by atoms with van der Waals surface area (Å²) in [6, 6.07) is 21.2. The van der Waals surface area contributed by atoms with Crippen molar-refractivity contribution in [2.24, 2.45) is 0 Å². The molecule has 10 heteroatoms. The van der Waals surface area contributed by atoms with Gasteiger partial charge in [-0.25, -0.2) is 0 Å². The number of amides is 2. The number of nitrogens with one attached hydrogen (secondary N) is 2.